The predicted molar refractivity (Wildman–Crippen MR) is 85.8 cm³/mol. The molecule has 1 amide bonds. The van der Waals surface area contributed by atoms with Gasteiger partial charge in [-0.05, 0) is 24.1 Å². The highest BCUT2D eigenvalue weighted by Crippen LogP contribution is 2.19. The Hall–Kier alpha value is -1.11. The van der Waals surface area contributed by atoms with Crippen LogP contribution in [0.3, 0.4) is 0 Å². The second kappa shape index (κ2) is 7.44. The number of halogens is 1. The standard InChI is InChI=1S/C15H20ClNO4S/c1-21-8-7-17(14-6-9-22(19,20)11-14)15(18)10-12-2-4-13(16)5-3-12/h2-5,14H,6-11H2,1H3. The highest BCUT2D eigenvalue weighted by Gasteiger charge is 2.34. The van der Waals surface area contributed by atoms with Crippen LogP contribution in [0.5, 0.6) is 0 Å². The number of hydrogen-bond acceptors (Lipinski definition) is 4. The highest BCUT2D eigenvalue weighted by atomic mass is 35.5. The quantitative estimate of drug-likeness (QED) is 0.784. The maximum absolute atomic E-state index is 12.5. The van der Waals surface area contributed by atoms with Crippen molar-refractivity contribution in [2.75, 3.05) is 31.8 Å². The molecule has 1 fully saturated rings. The summed E-state index contributed by atoms with van der Waals surface area (Å²) in [6.07, 6.45) is 0.732. The molecular weight excluding hydrogens is 326 g/mol. The molecule has 0 bridgehead atoms. The van der Waals surface area contributed by atoms with Crippen molar-refractivity contribution in [3.8, 4) is 0 Å². The number of benzene rings is 1. The topological polar surface area (TPSA) is 63.7 Å². The van der Waals surface area contributed by atoms with Crippen LogP contribution in [-0.2, 0) is 25.8 Å². The summed E-state index contributed by atoms with van der Waals surface area (Å²) in [4.78, 5) is 14.2. The summed E-state index contributed by atoms with van der Waals surface area (Å²) in [6, 6.07) is 6.84. The van der Waals surface area contributed by atoms with Gasteiger partial charge in [0.1, 0.15) is 0 Å². The maximum atomic E-state index is 12.5. The zero-order valence-corrected chi connectivity index (χ0v) is 14.1. The van der Waals surface area contributed by atoms with Crippen molar-refractivity contribution in [2.24, 2.45) is 0 Å². The van der Waals surface area contributed by atoms with Gasteiger partial charge in [0.2, 0.25) is 5.91 Å². The first kappa shape index (κ1) is 17.2. The van der Waals surface area contributed by atoms with Crippen LogP contribution in [0.2, 0.25) is 5.02 Å². The van der Waals surface area contributed by atoms with E-state index >= 15 is 0 Å². The molecule has 122 valence electrons. The van der Waals surface area contributed by atoms with Gasteiger partial charge in [0.15, 0.2) is 9.84 Å². The van der Waals surface area contributed by atoms with Gasteiger partial charge in [0.25, 0.3) is 0 Å². The molecule has 1 unspecified atom stereocenters. The Balaban J connectivity index is 2.07. The van der Waals surface area contributed by atoms with E-state index in [0.717, 1.165) is 5.56 Å². The molecule has 1 aliphatic heterocycles. The summed E-state index contributed by atoms with van der Waals surface area (Å²) in [5.74, 6) is 0.111. The van der Waals surface area contributed by atoms with Crippen LogP contribution in [-0.4, -0.2) is 57.0 Å². The Morgan fingerprint density at radius 1 is 1.36 bits per heavy atom. The third kappa shape index (κ3) is 4.69. The van der Waals surface area contributed by atoms with Gasteiger partial charge in [-0.1, -0.05) is 23.7 Å². The van der Waals surface area contributed by atoms with Gasteiger partial charge in [-0.15, -0.1) is 0 Å². The van der Waals surface area contributed by atoms with Gasteiger partial charge in [0, 0.05) is 24.7 Å². The van der Waals surface area contributed by atoms with Crippen LogP contribution < -0.4 is 0 Å². The molecule has 0 saturated carbocycles. The van der Waals surface area contributed by atoms with Crippen LogP contribution in [0.15, 0.2) is 24.3 Å². The Labute approximate surface area is 136 Å². The third-order valence-corrected chi connectivity index (χ3v) is 5.78. The Bertz CT molecular complexity index is 615. The number of rotatable bonds is 6. The molecule has 0 aliphatic carbocycles. The van der Waals surface area contributed by atoms with Gasteiger partial charge < -0.3 is 9.64 Å². The zero-order chi connectivity index (χ0) is 16.2. The predicted octanol–water partition coefficient (Wildman–Crippen LogP) is 1.54. The first-order chi connectivity index (χ1) is 10.4. The minimum atomic E-state index is -3.03. The van der Waals surface area contributed by atoms with Crippen molar-refractivity contribution < 1.29 is 17.9 Å². The van der Waals surface area contributed by atoms with Gasteiger partial charge in [-0.25, -0.2) is 8.42 Å². The summed E-state index contributed by atoms with van der Waals surface area (Å²) in [6.45, 7) is 0.798. The normalized spacial score (nSPS) is 20.0. The van der Waals surface area contributed by atoms with E-state index in [-0.39, 0.29) is 29.9 Å². The molecule has 22 heavy (non-hydrogen) atoms. The minimum Gasteiger partial charge on any atom is -0.383 e. The fourth-order valence-corrected chi connectivity index (χ4v) is 4.46. The maximum Gasteiger partial charge on any atom is 0.227 e. The molecule has 1 atom stereocenters. The lowest BCUT2D eigenvalue weighted by molar-refractivity contribution is -0.133. The largest absolute Gasteiger partial charge is 0.383 e. The van der Waals surface area contributed by atoms with E-state index in [1.54, 1.807) is 36.3 Å². The number of hydrogen-bond donors (Lipinski definition) is 0. The number of carbonyl (C=O) groups is 1. The molecule has 1 aromatic rings. The number of ether oxygens (including phenoxy) is 1. The number of amides is 1. The van der Waals surface area contributed by atoms with Gasteiger partial charge >= 0.3 is 0 Å². The van der Waals surface area contributed by atoms with Crippen molar-refractivity contribution >= 4 is 27.3 Å². The third-order valence-electron chi connectivity index (χ3n) is 3.77. The monoisotopic (exact) mass is 345 g/mol. The van der Waals surface area contributed by atoms with Crippen LogP contribution >= 0.6 is 11.6 Å². The van der Waals surface area contributed by atoms with Crippen molar-refractivity contribution in [3.05, 3.63) is 34.9 Å². The van der Waals surface area contributed by atoms with Gasteiger partial charge in [-0.3, -0.25) is 4.79 Å². The summed E-state index contributed by atoms with van der Waals surface area (Å²) < 4.78 is 28.3. The van der Waals surface area contributed by atoms with E-state index in [1.165, 1.54) is 0 Å². The van der Waals surface area contributed by atoms with Crippen LogP contribution in [0.25, 0.3) is 0 Å². The lowest BCUT2D eigenvalue weighted by Crippen LogP contribution is -2.43. The molecule has 5 nitrogen and oxygen atoms in total. The SMILES string of the molecule is COCCN(C(=O)Cc1ccc(Cl)cc1)C1CCS(=O)(=O)C1. The van der Waals surface area contributed by atoms with Gasteiger partial charge in [-0.2, -0.15) is 0 Å². The van der Waals surface area contributed by atoms with E-state index in [1.807, 2.05) is 0 Å². The first-order valence-corrected chi connectivity index (χ1v) is 9.34. The van der Waals surface area contributed by atoms with Crippen LogP contribution in [0.1, 0.15) is 12.0 Å². The second-order valence-electron chi connectivity index (χ2n) is 5.44. The molecule has 1 aromatic carbocycles. The molecule has 0 spiro atoms. The number of carbonyl (C=O) groups excluding carboxylic acids is 1. The summed E-state index contributed by atoms with van der Waals surface area (Å²) >= 11 is 5.84. The number of methoxy groups -OCH3 is 1. The molecule has 1 aliphatic rings. The lowest BCUT2D eigenvalue weighted by Gasteiger charge is -2.28. The molecule has 0 radical (unpaired) electrons. The van der Waals surface area contributed by atoms with Crippen LogP contribution in [0.4, 0.5) is 0 Å². The van der Waals surface area contributed by atoms with Crippen LogP contribution in [0, 0.1) is 0 Å². The van der Waals surface area contributed by atoms with E-state index in [9.17, 15) is 13.2 Å². The molecule has 7 heteroatoms. The fraction of sp³-hybridized carbons (Fsp3) is 0.533. The van der Waals surface area contributed by atoms with E-state index in [0.29, 0.717) is 24.6 Å². The van der Waals surface area contributed by atoms with Crippen molar-refractivity contribution in [2.45, 2.75) is 18.9 Å². The van der Waals surface area contributed by atoms with E-state index in [2.05, 4.69) is 0 Å². The smallest absolute Gasteiger partial charge is 0.227 e. The highest BCUT2D eigenvalue weighted by molar-refractivity contribution is 7.91. The molecule has 1 saturated heterocycles. The second-order valence-corrected chi connectivity index (χ2v) is 8.11. The Kier molecular flexibility index (Phi) is 5.83. The summed E-state index contributed by atoms with van der Waals surface area (Å²) in [5.41, 5.74) is 0.859. The molecule has 0 N–H and O–H groups in total. The molecular formula is C15H20ClNO4S. The van der Waals surface area contributed by atoms with Crippen molar-refractivity contribution in [1.82, 2.24) is 4.90 Å². The van der Waals surface area contributed by atoms with Gasteiger partial charge in [0.05, 0.1) is 24.5 Å². The Morgan fingerprint density at radius 3 is 2.59 bits per heavy atom. The number of nitrogens with zero attached hydrogens (tertiary/aromatic N) is 1. The van der Waals surface area contributed by atoms with Crippen molar-refractivity contribution in [1.29, 1.82) is 0 Å². The average Bonchev–Trinajstić information content (AvgIpc) is 2.82. The minimum absolute atomic E-state index is 0.0447. The average molecular weight is 346 g/mol. The van der Waals surface area contributed by atoms with E-state index in [4.69, 9.17) is 16.3 Å². The summed E-state index contributed by atoms with van der Waals surface area (Å²) in [7, 11) is -1.47. The molecule has 0 aromatic heterocycles. The Morgan fingerprint density at radius 2 is 2.05 bits per heavy atom. The summed E-state index contributed by atoms with van der Waals surface area (Å²) in [5, 5.41) is 0.620. The van der Waals surface area contributed by atoms with Crippen molar-refractivity contribution in [3.63, 3.8) is 0 Å². The van der Waals surface area contributed by atoms with E-state index < -0.39 is 9.84 Å². The molecule has 1 heterocycles. The lowest BCUT2D eigenvalue weighted by atomic mass is 10.1. The molecule has 2 rings (SSSR count). The zero-order valence-electron chi connectivity index (χ0n) is 12.5. The number of sulfone groups is 1. The fourth-order valence-electron chi connectivity index (χ4n) is 2.60. The first-order valence-electron chi connectivity index (χ1n) is 7.14.